The molecule has 0 saturated carbocycles. The molecule has 0 bridgehead atoms. The van der Waals surface area contributed by atoms with Crippen molar-refractivity contribution in [1.82, 2.24) is 0 Å². The average molecular weight is 331 g/mol. The summed E-state index contributed by atoms with van der Waals surface area (Å²) in [5.74, 6) is -1.65. The molecule has 1 N–H and O–H groups in total. The number of nitrogens with one attached hydrogen (secondary N) is 1. The van der Waals surface area contributed by atoms with Crippen LogP contribution < -0.4 is 10.1 Å². The van der Waals surface area contributed by atoms with Gasteiger partial charge in [-0.05, 0) is 43.7 Å². The van der Waals surface area contributed by atoms with Gasteiger partial charge in [-0.2, -0.15) is 0 Å². The fourth-order valence-corrected chi connectivity index (χ4v) is 2.06. The number of esters is 1. The van der Waals surface area contributed by atoms with Gasteiger partial charge in [-0.1, -0.05) is 18.2 Å². The van der Waals surface area contributed by atoms with Gasteiger partial charge >= 0.3 is 5.97 Å². The highest BCUT2D eigenvalue weighted by Gasteiger charge is 2.21. The molecule has 2 aromatic rings. The normalized spacial score (nSPS) is 11.5. The summed E-state index contributed by atoms with van der Waals surface area (Å²) in [5.41, 5.74) is 1.18. The number of hydrogen-bond donors (Lipinski definition) is 1. The lowest BCUT2D eigenvalue weighted by Crippen LogP contribution is -2.30. The van der Waals surface area contributed by atoms with Gasteiger partial charge in [0.15, 0.2) is 6.10 Å². The number of rotatable bonds is 5. The van der Waals surface area contributed by atoms with E-state index < -0.39 is 23.8 Å². The van der Waals surface area contributed by atoms with Crippen molar-refractivity contribution in [3.05, 3.63) is 59.4 Å². The smallest absolute Gasteiger partial charge is 0.341 e. The van der Waals surface area contributed by atoms with Crippen molar-refractivity contribution in [2.75, 3.05) is 12.4 Å². The Bertz CT molecular complexity index is 760. The Morgan fingerprint density at radius 1 is 1.17 bits per heavy atom. The summed E-state index contributed by atoms with van der Waals surface area (Å²) in [4.78, 5) is 24.1. The monoisotopic (exact) mass is 331 g/mol. The molecule has 1 amide bonds. The second kappa shape index (κ2) is 7.59. The van der Waals surface area contributed by atoms with Crippen LogP contribution in [0.3, 0.4) is 0 Å². The van der Waals surface area contributed by atoms with Gasteiger partial charge < -0.3 is 14.8 Å². The SMILES string of the molecule is COc1ccc(C)cc1NC(=O)[C@@H](C)OC(=O)c1ccccc1F. The Hall–Kier alpha value is -2.89. The van der Waals surface area contributed by atoms with Crippen molar-refractivity contribution in [3.8, 4) is 5.75 Å². The van der Waals surface area contributed by atoms with Crippen LogP contribution in [0.4, 0.5) is 10.1 Å². The summed E-state index contributed by atoms with van der Waals surface area (Å²) in [6, 6.07) is 10.7. The molecule has 1 atom stereocenters. The standard InChI is InChI=1S/C18H18FNO4/c1-11-8-9-16(23-3)15(10-11)20-17(21)12(2)24-18(22)13-6-4-5-7-14(13)19/h4-10,12H,1-3H3,(H,20,21)/t12-/m1/s1. The minimum atomic E-state index is -1.10. The predicted molar refractivity (Wildman–Crippen MR) is 87.6 cm³/mol. The molecule has 5 nitrogen and oxygen atoms in total. The highest BCUT2D eigenvalue weighted by atomic mass is 19.1. The number of halogens is 1. The van der Waals surface area contributed by atoms with E-state index in [0.717, 1.165) is 11.6 Å². The third kappa shape index (κ3) is 4.10. The van der Waals surface area contributed by atoms with E-state index in [4.69, 9.17) is 9.47 Å². The molecule has 0 unspecified atom stereocenters. The summed E-state index contributed by atoms with van der Waals surface area (Å²) < 4.78 is 23.8. The summed E-state index contributed by atoms with van der Waals surface area (Å²) in [5, 5.41) is 2.64. The molecule has 0 aliphatic rings. The van der Waals surface area contributed by atoms with Crippen LogP contribution in [0, 0.1) is 12.7 Å². The number of carbonyl (C=O) groups is 2. The molecule has 0 aliphatic carbocycles. The molecule has 6 heteroatoms. The van der Waals surface area contributed by atoms with Gasteiger partial charge in [0.05, 0.1) is 18.4 Å². The Morgan fingerprint density at radius 3 is 2.54 bits per heavy atom. The molecule has 0 fully saturated rings. The third-order valence-electron chi connectivity index (χ3n) is 3.36. The van der Waals surface area contributed by atoms with E-state index in [9.17, 15) is 14.0 Å². The molecule has 126 valence electrons. The van der Waals surface area contributed by atoms with E-state index >= 15 is 0 Å². The maximum atomic E-state index is 13.6. The molecule has 0 saturated heterocycles. The van der Waals surface area contributed by atoms with Gasteiger partial charge in [0.2, 0.25) is 0 Å². The number of benzene rings is 2. The second-order valence-electron chi connectivity index (χ2n) is 5.22. The summed E-state index contributed by atoms with van der Waals surface area (Å²) in [7, 11) is 1.49. The van der Waals surface area contributed by atoms with E-state index in [0.29, 0.717) is 11.4 Å². The van der Waals surface area contributed by atoms with E-state index in [1.165, 1.54) is 32.2 Å². The van der Waals surface area contributed by atoms with Gasteiger partial charge in [0, 0.05) is 0 Å². The van der Waals surface area contributed by atoms with Crippen LogP contribution >= 0.6 is 0 Å². The lowest BCUT2D eigenvalue weighted by molar-refractivity contribution is -0.123. The van der Waals surface area contributed by atoms with Crippen LogP contribution in [0.1, 0.15) is 22.8 Å². The first-order chi connectivity index (χ1) is 11.4. The molecule has 2 aromatic carbocycles. The Morgan fingerprint density at radius 2 is 1.88 bits per heavy atom. The van der Waals surface area contributed by atoms with Crippen LogP contribution in [-0.4, -0.2) is 25.1 Å². The summed E-state index contributed by atoms with van der Waals surface area (Å²) in [6.07, 6.45) is -1.10. The Labute approximate surface area is 139 Å². The number of anilines is 1. The molecule has 0 aliphatic heterocycles. The average Bonchev–Trinajstić information content (AvgIpc) is 2.55. The highest BCUT2D eigenvalue weighted by molar-refractivity contribution is 5.98. The fraction of sp³-hybridized carbons (Fsp3) is 0.222. The maximum absolute atomic E-state index is 13.6. The first kappa shape index (κ1) is 17.5. The molecular formula is C18H18FNO4. The number of hydrogen-bond acceptors (Lipinski definition) is 4. The molecule has 0 aromatic heterocycles. The maximum Gasteiger partial charge on any atom is 0.341 e. The zero-order valence-corrected chi connectivity index (χ0v) is 13.6. The first-order valence-electron chi connectivity index (χ1n) is 7.33. The van der Waals surface area contributed by atoms with Gasteiger partial charge in [0.25, 0.3) is 5.91 Å². The van der Waals surface area contributed by atoms with Gasteiger partial charge in [-0.3, -0.25) is 4.79 Å². The van der Waals surface area contributed by atoms with Crippen molar-refractivity contribution in [2.45, 2.75) is 20.0 Å². The van der Waals surface area contributed by atoms with Gasteiger partial charge in [-0.15, -0.1) is 0 Å². The van der Waals surface area contributed by atoms with E-state index in [2.05, 4.69) is 5.32 Å². The predicted octanol–water partition coefficient (Wildman–Crippen LogP) is 3.33. The van der Waals surface area contributed by atoms with Gasteiger partial charge in [0.1, 0.15) is 11.6 Å². The van der Waals surface area contributed by atoms with Crippen molar-refractivity contribution in [2.24, 2.45) is 0 Å². The van der Waals surface area contributed by atoms with Crippen LogP contribution in [0.2, 0.25) is 0 Å². The minimum absolute atomic E-state index is 0.217. The molecule has 0 spiro atoms. The first-order valence-corrected chi connectivity index (χ1v) is 7.33. The zero-order valence-electron chi connectivity index (χ0n) is 13.6. The number of amides is 1. The van der Waals surface area contributed by atoms with Crippen LogP contribution in [0.25, 0.3) is 0 Å². The molecule has 0 heterocycles. The molecule has 0 radical (unpaired) electrons. The topological polar surface area (TPSA) is 64.6 Å². The van der Waals surface area contributed by atoms with E-state index in [1.807, 2.05) is 13.0 Å². The fourth-order valence-electron chi connectivity index (χ4n) is 2.06. The summed E-state index contributed by atoms with van der Waals surface area (Å²) >= 11 is 0. The Balaban J connectivity index is 2.06. The zero-order chi connectivity index (χ0) is 17.7. The van der Waals surface area contributed by atoms with Crippen LogP contribution in [0.15, 0.2) is 42.5 Å². The lowest BCUT2D eigenvalue weighted by atomic mass is 10.2. The number of ether oxygens (including phenoxy) is 2. The number of aryl methyl sites for hydroxylation is 1. The summed E-state index contributed by atoms with van der Waals surface area (Å²) in [6.45, 7) is 3.28. The largest absolute Gasteiger partial charge is 0.495 e. The van der Waals surface area contributed by atoms with Crippen molar-refractivity contribution >= 4 is 17.6 Å². The molecule has 2 rings (SSSR count). The quantitative estimate of drug-likeness (QED) is 0.854. The van der Waals surface area contributed by atoms with Gasteiger partial charge in [-0.25, -0.2) is 9.18 Å². The van der Waals surface area contributed by atoms with Crippen molar-refractivity contribution < 1.29 is 23.5 Å². The lowest BCUT2D eigenvalue weighted by Gasteiger charge is -2.15. The van der Waals surface area contributed by atoms with Crippen molar-refractivity contribution in [3.63, 3.8) is 0 Å². The van der Waals surface area contributed by atoms with Crippen LogP contribution in [-0.2, 0) is 9.53 Å². The number of carbonyl (C=O) groups excluding carboxylic acids is 2. The second-order valence-corrected chi connectivity index (χ2v) is 5.22. The molecule has 24 heavy (non-hydrogen) atoms. The minimum Gasteiger partial charge on any atom is -0.495 e. The number of methoxy groups -OCH3 is 1. The molecular weight excluding hydrogens is 313 g/mol. The van der Waals surface area contributed by atoms with E-state index in [1.54, 1.807) is 12.1 Å². The van der Waals surface area contributed by atoms with Crippen molar-refractivity contribution in [1.29, 1.82) is 0 Å². The highest BCUT2D eigenvalue weighted by Crippen LogP contribution is 2.25. The van der Waals surface area contributed by atoms with E-state index in [-0.39, 0.29) is 5.56 Å². The Kier molecular flexibility index (Phi) is 5.52. The third-order valence-corrected chi connectivity index (χ3v) is 3.36. The van der Waals surface area contributed by atoms with Crippen LogP contribution in [0.5, 0.6) is 5.75 Å².